The molecule has 4 bridgehead atoms. The van der Waals surface area contributed by atoms with E-state index in [9.17, 15) is 9.90 Å². The lowest BCUT2D eigenvalue weighted by atomic mass is 9.48. The highest BCUT2D eigenvalue weighted by atomic mass is 16.3. The van der Waals surface area contributed by atoms with Crippen molar-refractivity contribution < 1.29 is 9.90 Å². The quantitative estimate of drug-likeness (QED) is 0.819. The number of rotatable bonds is 2. The normalized spacial score (nSPS) is 37.0. The van der Waals surface area contributed by atoms with Gasteiger partial charge >= 0.3 is 0 Å². The third-order valence-electron chi connectivity index (χ3n) is 6.24. The number of phenolic OH excluding ortho intramolecular Hbond substituents is 1. The van der Waals surface area contributed by atoms with Gasteiger partial charge in [0.1, 0.15) is 5.75 Å². The van der Waals surface area contributed by atoms with Crippen LogP contribution < -0.4 is 0 Å². The zero-order valence-electron chi connectivity index (χ0n) is 13.0. The molecule has 0 aromatic heterocycles. The van der Waals surface area contributed by atoms with Crippen LogP contribution in [0.15, 0.2) is 12.1 Å². The van der Waals surface area contributed by atoms with Crippen LogP contribution in [0.3, 0.4) is 0 Å². The van der Waals surface area contributed by atoms with E-state index < -0.39 is 0 Å². The van der Waals surface area contributed by atoms with Crippen LogP contribution >= 0.6 is 0 Å². The van der Waals surface area contributed by atoms with Crippen LogP contribution in [-0.4, -0.2) is 10.9 Å². The van der Waals surface area contributed by atoms with Gasteiger partial charge in [0.2, 0.25) is 0 Å². The van der Waals surface area contributed by atoms with Gasteiger partial charge in [0, 0.05) is 5.56 Å². The van der Waals surface area contributed by atoms with Crippen molar-refractivity contribution in [2.75, 3.05) is 0 Å². The first-order valence-corrected chi connectivity index (χ1v) is 8.32. The summed E-state index contributed by atoms with van der Waals surface area (Å²) in [7, 11) is 0. The van der Waals surface area contributed by atoms with Gasteiger partial charge in [0.15, 0.2) is 5.78 Å². The Bertz CT molecular complexity index is 579. The van der Waals surface area contributed by atoms with Crippen molar-refractivity contribution in [3.63, 3.8) is 0 Å². The fraction of sp³-hybridized carbons (Fsp3) is 0.632. The Morgan fingerprint density at radius 2 is 1.62 bits per heavy atom. The molecule has 2 heteroatoms. The summed E-state index contributed by atoms with van der Waals surface area (Å²) in [6.07, 6.45) is 7.83. The Labute approximate surface area is 126 Å². The van der Waals surface area contributed by atoms with E-state index in [1.165, 1.54) is 38.5 Å². The number of aryl methyl sites for hydroxylation is 1. The molecule has 21 heavy (non-hydrogen) atoms. The molecule has 0 heterocycles. The minimum Gasteiger partial charge on any atom is -0.507 e. The summed E-state index contributed by atoms with van der Waals surface area (Å²) >= 11 is 0. The summed E-state index contributed by atoms with van der Waals surface area (Å²) in [6, 6.07) is 3.98. The molecular formula is C19H24O2. The highest BCUT2D eigenvalue weighted by Crippen LogP contribution is 2.62. The van der Waals surface area contributed by atoms with Gasteiger partial charge in [-0.1, -0.05) is 6.07 Å². The van der Waals surface area contributed by atoms with Crippen LogP contribution in [-0.2, 0) is 5.41 Å². The molecular weight excluding hydrogens is 260 g/mol. The van der Waals surface area contributed by atoms with Crippen molar-refractivity contribution in [3.05, 3.63) is 28.8 Å². The van der Waals surface area contributed by atoms with E-state index in [1.807, 2.05) is 13.0 Å². The molecule has 4 aliphatic rings. The zero-order valence-corrected chi connectivity index (χ0v) is 13.0. The average molecular weight is 284 g/mol. The molecule has 4 saturated carbocycles. The highest BCUT2D eigenvalue weighted by molar-refractivity contribution is 5.97. The number of hydrogen-bond donors (Lipinski definition) is 1. The third-order valence-corrected chi connectivity index (χ3v) is 6.24. The maximum atomic E-state index is 11.8. The molecule has 0 saturated heterocycles. The summed E-state index contributed by atoms with van der Waals surface area (Å²) in [5.74, 6) is 2.78. The standard InChI is InChI=1S/C19H24O2/c1-11-3-16(12(2)20)18(21)17(4-11)19-8-13-5-14(9-19)7-15(6-13)10-19/h3-4,13-15,21H,5-10H2,1-2H3. The maximum Gasteiger partial charge on any atom is 0.163 e. The van der Waals surface area contributed by atoms with Gasteiger partial charge in [-0.15, -0.1) is 0 Å². The summed E-state index contributed by atoms with van der Waals surface area (Å²) < 4.78 is 0. The Morgan fingerprint density at radius 3 is 2.10 bits per heavy atom. The Balaban J connectivity index is 1.85. The van der Waals surface area contributed by atoms with Gasteiger partial charge in [-0.25, -0.2) is 0 Å². The number of hydrogen-bond acceptors (Lipinski definition) is 2. The lowest BCUT2D eigenvalue weighted by Crippen LogP contribution is -2.48. The van der Waals surface area contributed by atoms with Crippen LogP contribution in [0.1, 0.15) is 66.9 Å². The lowest BCUT2D eigenvalue weighted by Gasteiger charge is -2.57. The minimum atomic E-state index is -0.0258. The Morgan fingerprint density at radius 1 is 1.10 bits per heavy atom. The predicted octanol–water partition coefficient (Wildman–Crippen LogP) is 4.37. The largest absolute Gasteiger partial charge is 0.507 e. The molecule has 112 valence electrons. The number of carbonyl (C=O) groups excluding carboxylic acids is 1. The second kappa shape index (κ2) is 4.34. The fourth-order valence-electron chi connectivity index (χ4n) is 5.89. The monoisotopic (exact) mass is 284 g/mol. The van der Waals surface area contributed by atoms with Gasteiger partial charge in [0.25, 0.3) is 0 Å². The fourth-order valence-corrected chi connectivity index (χ4v) is 5.89. The molecule has 0 atom stereocenters. The van der Waals surface area contributed by atoms with Gasteiger partial charge in [-0.05, 0) is 87.2 Å². The molecule has 0 unspecified atom stereocenters. The van der Waals surface area contributed by atoms with Crippen molar-refractivity contribution >= 4 is 5.78 Å². The molecule has 4 fully saturated rings. The van der Waals surface area contributed by atoms with Gasteiger partial charge in [0.05, 0.1) is 5.56 Å². The second-order valence-corrected chi connectivity index (χ2v) is 7.96. The molecule has 0 radical (unpaired) electrons. The van der Waals surface area contributed by atoms with E-state index >= 15 is 0 Å². The first-order valence-electron chi connectivity index (χ1n) is 8.32. The SMILES string of the molecule is CC(=O)c1cc(C)cc(C23CC4CC(CC(C4)C2)C3)c1O. The van der Waals surface area contributed by atoms with Crippen LogP contribution in [0, 0.1) is 24.7 Å². The Hall–Kier alpha value is -1.31. The second-order valence-electron chi connectivity index (χ2n) is 7.96. The molecule has 0 spiro atoms. The molecule has 4 aliphatic carbocycles. The number of Topliss-reactive ketones (excluding diaryl/α,β-unsaturated/α-hetero) is 1. The maximum absolute atomic E-state index is 11.8. The van der Waals surface area contributed by atoms with Gasteiger partial charge < -0.3 is 5.11 Å². The molecule has 1 N–H and O–H groups in total. The molecule has 1 aromatic carbocycles. The van der Waals surface area contributed by atoms with Crippen molar-refractivity contribution in [1.82, 2.24) is 0 Å². The van der Waals surface area contributed by atoms with Crippen LogP contribution in [0.5, 0.6) is 5.75 Å². The minimum absolute atomic E-state index is 0.0258. The summed E-state index contributed by atoms with van der Waals surface area (Å²) in [5.41, 5.74) is 2.84. The summed E-state index contributed by atoms with van der Waals surface area (Å²) in [5, 5.41) is 10.7. The predicted molar refractivity (Wildman–Crippen MR) is 82.7 cm³/mol. The van der Waals surface area contributed by atoms with E-state index in [1.54, 1.807) is 6.92 Å². The third kappa shape index (κ3) is 1.95. The highest BCUT2D eigenvalue weighted by Gasteiger charge is 2.52. The van der Waals surface area contributed by atoms with Crippen molar-refractivity contribution in [2.45, 2.75) is 57.8 Å². The zero-order chi connectivity index (χ0) is 14.8. The van der Waals surface area contributed by atoms with Crippen LogP contribution in [0.2, 0.25) is 0 Å². The van der Waals surface area contributed by atoms with E-state index in [2.05, 4.69) is 6.07 Å². The number of benzene rings is 1. The van der Waals surface area contributed by atoms with Crippen molar-refractivity contribution in [2.24, 2.45) is 17.8 Å². The Kier molecular flexibility index (Phi) is 2.76. The van der Waals surface area contributed by atoms with Crippen molar-refractivity contribution in [1.29, 1.82) is 0 Å². The van der Waals surface area contributed by atoms with Crippen LogP contribution in [0.25, 0.3) is 0 Å². The first kappa shape index (κ1) is 13.4. The van der Waals surface area contributed by atoms with E-state index in [-0.39, 0.29) is 16.9 Å². The lowest BCUT2D eigenvalue weighted by molar-refractivity contribution is -0.00618. The summed E-state index contributed by atoms with van der Waals surface area (Å²) in [4.78, 5) is 11.8. The van der Waals surface area contributed by atoms with E-state index in [0.717, 1.165) is 28.9 Å². The van der Waals surface area contributed by atoms with Crippen LogP contribution in [0.4, 0.5) is 0 Å². The van der Waals surface area contributed by atoms with E-state index in [4.69, 9.17) is 0 Å². The molecule has 5 rings (SSSR count). The first-order chi connectivity index (χ1) is 9.97. The van der Waals surface area contributed by atoms with Gasteiger partial charge in [-0.3, -0.25) is 4.79 Å². The van der Waals surface area contributed by atoms with Crippen molar-refractivity contribution in [3.8, 4) is 5.75 Å². The summed E-state index contributed by atoms with van der Waals surface area (Å²) in [6.45, 7) is 3.59. The number of phenols is 1. The molecule has 0 aliphatic heterocycles. The number of carbonyl (C=O) groups is 1. The molecule has 1 aromatic rings. The smallest absolute Gasteiger partial charge is 0.163 e. The topological polar surface area (TPSA) is 37.3 Å². The average Bonchev–Trinajstić information content (AvgIpc) is 2.39. The number of aromatic hydroxyl groups is 1. The molecule has 2 nitrogen and oxygen atoms in total. The molecule has 0 amide bonds. The van der Waals surface area contributed by atoms with Gasteiger partial charge in [-0.2, -0.15) is 0 Å². The number of ketones is 1. The van der Waals surface area contributed by atoms with E-state index in [0.29, 0.717) is 5.56 Å².